The fraction of sp³-hybridized carbons (Fsp3) is 0.372. The molecule has 542 valence electrons. The number of hydrogen-bond acceptors (Lipinski definition) is 17. The molecule has 0 aromatic heterocycles. The predicted molar refractivity (Wildman–Crippen MR) is 388 cm³/mol. The van der Waals surface area contributed by atoms with Gasteiger partial charge in [0.25, 0.3) is 11.8 Å². The van der Waals surface area contributed by atoms with Crippen molar-refractivity contribution in [3.8, 4) is 34.8 Å². The number of rotatable bonds is 25. The van der Waals surface area contributed by atoms with Crippen LogP contribution in [-0.2, 0) is 46.7 Å². The zero-order chi connectivity index (χ0) is 73.5. The third-order valence-corrected chi connectivity index (χ3v) is 19.6. The van der Waals surface area contributed by atoms with Gasteiger partial charge in [0, 0.05) is 87.3 Å². The number of amides is 9. The zero-order valence-corrected chi connectivity index (χ0v) is 59.1. The fourth-order valence-corrected chi connectivity index (χ4v) is 13.5. The Hall–Kier alpha value is -11.6. The Morgan fingerprint density at radius 2 is 1.38 bits per heavy atom. The van der Waals surface area contributed by atoms with Gasteiger partial charge in [-0.1, -0.05) is 80.3 Å². The van der Waals surface area contributed by atoms with Gasteiger partial charge < -0.3 is 80.3 Å². The third-order valence-electron chi connectivity index (χ3n) is 19.6. The summed E-state index contributed by atoms with van der Waals surface area (Å²) in [5.41, 5.74) is 8.15. The molecule has 1 saturated carbocycles. The molecule has 1 aliphatic carbocycles. The quantitative estimate of drug-likeness (QED) is 0.0218. The molecule has 26 nitrogen and oxygen atoms in total. The molecular weight excluding hydrogens is 1330 g/mol. The van der Waals surface area contributed by atoms with Crippen LogP contribution >= 0.6 is 0 Å². The average Bonchev–Trinajstić information content (AvgIpc) is 1.62. The van der Waals surface area contributed by atoms with Crippen LogP contribution in [0, 0.1) is 23.2 Å². The van der Waals surface area contributed by atoms with Gasteiger partial charge >= 0.3 is 6.09 Å². The minimum Gasteiger partial charge on any atom is -0.493 e. The molecule has 6 aromatic carbocycles. The third kappa shape index (κ3) is 16.2. The van der Waals surface area contributed by atoms with Crippen LogP contribution in [0.15, 0.2) is 128 Å². The topological polar surface area (TPSA) is 308 Å². The second kappa shape index (κ2) is 31.3. The van der Waals surface area contributed by atoms with E-state index in [0.717, 1.165) is 45.7 Å². The first kappa shape index (κ1) is 72.2. The number of aliphatic hydroxyl groups excluding tert-OH is 1. The van der Waals surface area contributed by atoms with Gasteiger partial charge in [0.05, 0.1) is 87.3 Å². The summed E-state index contributed by atoms with van der Waals surface area (Å²) in [6.45, 7) is 5.05. The lowest BCUT2D eigenvalue weighted by Crippen LogP contribution is -2.55. The van der Waals surface area contributed by atoms with Gasteiger partial charge in [0.1, 0.15) is 18.7 Å². The second-order valence-corrected chi connectivity index (χ2v) is 27.4. The van der Waals surface area contributed by atoms with Crippen molar-refractivity contribution >= 4 is 87.4 Å². The summed E-state index contributed by atoms with van der Waals surface area (Å²) in [4.78, 5) is 130. The molecule has 1 saturated heterocycles. The summed E-state index contributed by atoms with van der Waals surface area (Å²) in [5, 5.41) is 28.6. The molecule has 12 rings (SSSR count). The van der Waals surface area contributed by atoms with Crippen molar-refractivity contribution in [2.24, 2.45) is 11.3 Å². The average molecular weight is 1420 g/mol. The predicted octanol–water partition coefficient (Wildman–Crippen LogP) is 7.31. The first-order chi connectivity index (χ1) is 50.1. The molecule has 7 N–H and O–H groups in total. The fourth-order valence-electron chi connectivity index (χ4n) is 13.5. The number of aliphatic hydroxyl groups is 1. The van der Waals surface area contributed by atoms with Gasteiger partial charge in [-0.25, -0.2) is 9.69 Å². The largest absolute Gasteiger partial charge is 0.493 e. The highest BCUT2D eigenvalue weighted by atomic mass is 16.6. The van der Waals surface area contributed by atoms with Crippen molar-refractivity contribution in [3.05, 3.63) is 166 Å². The number of carbonyl (C=O) groups excluding carboxylic acids is 9. The van der Waals surface area contributed by atoms with E-state index in [0.29, 0.717) is 77.6 Å². The standard InChI is InChI=1S/C78H85N11O15/c1-46(2)71(84-69(92)41-81-68(91)40-80-67(90)27-28-70(93)87-42-52-15-9-8-13-49(52)19-20-51-14-10-11-16-60(51)87)73(95)82-47(3)72(94)83-54-23-17-48(18-24-54)44-104-77(99)89-61-37-66(64(101-7)35-58(61)75(97)88-45-78(29-30-78)38-62(88)76(89)98)103-32-12-31-102-65-36-59-57(34-63(65)100-6)74(96)86-43-53(33-56(86)39-79-59)50-21-25-55(26-22-50)85(4)5/h8-11,13-18,21-26,34-37,43,46-47,56,62,71,76,79,98H,12,27-33,38-42,44-45H2,1-7H3,(H,80,90)(H,81,91)(H,82,95)(H,83,94)(H,84,92)/t47-,56-,62-,71-,76?/m0/s1. The van der Waals surface area contributed by atoms with Crippen molar-refractivity contribution in [3.63, 3.8) is 0 Å². The number of nitrogens with zero attached hydrogens (tertiary/aromatic N) is 5. The molecule has 6 aliphatic rings. The van der Waals surface area contributed by atoms with Crippen LogP contribution in [0.1, 0.15) is 114 Å². The van der Waals surface area contributed by atoms with Crippen molar-refractivity contribution < 1.29 is 71.9 Å². The number of nitrogens with one attached hydrogen (secondary N) is 6. The number of anilines is 5. The maximum absolute atomic E-state index is 14.5. The molecule has 9 amide bonds. The van der Waals surface area contributed by atoms with Gasteiger partial charge in [0.15, 0.2) is 29.2 Å². The highest BCUT2D eigenvalue weighted by Gasteiger charge is 2.58. The molecule has 5 heterocycles. The maximum Gasteiger partial charge on any atom is 0.416 e. The van der Waals surface area contributed by atoms with Crippen LogP contribution in [-0.4, -0.2) is 166 Å². The Morgan fingerprint density at radius 3 is 2.08 bits per heavy atom. The van der Waals surface area contributed by atoms with E-state index < -0.39 is 79.0 Å². The number of methoxy groups -OCH3 is 2. The highest BCUT2D eigenvalue weighted by molar-refractivity contribution is 6.07. The van der Waals surface area contributed by atoms with Crippen LogP contribution in [0.4, 0.5) is 33.2 Å². The Kier molecular flexibility index (Phi) is 21.8. The Labute approximate surface area is 602 Å². The molecule has 5 aliphatic heterocycles. The second-order valence-electron chi connectivity index (χ2n) is 27.4. The molecule has 104 heavy (non-hydrogen) atoms. The molecule has 0 radical (unpaired) electrons. The Bertz CT molecular complexity index is 4430. The van der Waals surface area contributed by atoms with Gasteiger partial charge in [-0.3, -0.25) is 38.4 Å². The minimum absolute atomic E-state index is 0.0597. The van der Waals surface area contributed by atoms with Crippen molar-refractivity contribution in [2.75, 3.05) is 93.0 Å². The summed E-state index contributed by atoms with van der Waals surface area (Å²) < 4.78 is 29.9. The molecule has 26 heteroatoms. The normalized spacial score (nSPS) is 17.6. The van der Waals surface area contributed by atoms with Crippen LogP contribution in [0.25, 0.3) is 5.57 Å². The molecule has 5 atom stereocenters. The minimum atomic E-state index is -1.50. The van der Waals surface area contributed by atoms with E-state index in [1.54, 1.807) is 71.0 Å². The van der Waals surface area contributed by atoms with Gasteiger partial charge in [-0.05, 0) is 121 Å². The van der Waals surface area contributed by atoms with Crippen molar-refractivity contribution in [2.45, 2.75) is 109 Å². The van der Waals surface area contributed by atoms with E-state index in [-0.39, 0.29) is 91.1 Å². The van der Waals surface area contributed by atoms with Crippen LogP contribution in [0.3, 0.4) is 0 Å². The lowest BCUT2D eigenvalue weighted by Gasteiger charge is -2.31. The van der Waals surface area contributed by atoms with E-state index in [1.165, 1.54) is 33.3 Å². The molecule has 6 aromatic rings. The van der Waals surface area contributed by atoms with Crippen LogP contribution in [0.2, 0.25) is 0 Å². The maximum atomic E-state index is 14.5. The van der Waals surface area contributed by atoms with E-state index in [4.69, 9.17) is 23.7 Å². The summed E-state index contributed by atoms with van der Waals surface area (Å²) in [5.74, 6) is 3.07. The SMILES string of the molecule is COc1cc2c(cc1OCCCOc1cc3c(cc1OC)C(=O)N1CC4(CC4)C[C@H]1C(O)N3C(=O)OCc1ccc(NC(=O)[C@H](C)NC(=O)[C@@H](NC(=O)CNC(=O)CNC(=O)CCC(=O)N3Cc4ccccc4C#Cc4ccccc43)C(C)C)cc1)NC[C@@H]1CC(c3ccc(N(C)C)cc3)=CN1C2=O. The zero-order valence-electron chi connectivity index (χ0n) is 59.1. The summed E-state index contributed by atoms with van der Waals surface area (Å²) in [7, 11) is 6.94. The van der Waals surface area contributed by atoms with E-state index in [9.17, 15) is 48.3 Å². The Morgan fingerprint density at radius 1 is 0.712 bits per heavy atom. The molecule has 1 unspecified atom stereocenters. The number of para-hydroxylation sites is 1. The number of benzene rings is 6. The number of ether oxygens (including phenoxy) is 5. The lowest BCUT2D eigenvalue weighted by molar-refractivity contribution is -0.132. The summed E-state index contributed by atoms with van der Waals surface area (Å²) >= 11 is 0. The number of hydrogen-bond donors (Lipinski definition) is 7. The summed E-state index contributed by atoms with van der Waals surface area (Å²) in [6.07, 6.45) is 2.47. The highest BCUT2D eigenvalue weighted by Crippen LogP contribution is 2.57. The van der Waals surface area contributed by atoms with Crippen LogP contribution < -0.4 is 65.5 Å². The van der Waals surface area contributed by atoms with Gasteiger partial charge in [-0.15, -0.1) is 0 Å². The molecule has 2 fully saturated rings. The monoisotopic (exact) mass is 1420 g/mol. The molecule has 0 bridgehead atoms. The van der Waals surface area contributed by atoms with Crippen LogP contribution in [0.5, 0.6) is 23.0 Å². The van der Waals surface area contributed by atoms with E-state index in [2.05, 4.69) is 68.0 Å². The lowest BCUT2D eigenvalue weighted by atomic mass is 10.0. The summed E-state index contributed by atoms with van der Waals surface area (Å²) in [6, 6.07) is 32.9. The van der Waals surface area contributed by atoms with Gasteiger partial charge in [0.2, 0.25) is 35.4 Å². The van der Waals surface area contributed by atoms with Crippen molar-refractivity contribution in [1.82, 2.24) is 31.1 Å². The first-order valence-electron chi connectivity index (χ1n) is 34.8. The molecular formula is C78H85N11O15. The van der Waals surface area contributed by atoms with Gasteiger partial charge in [-0.2, -0.15) is 0 Å². The van der Waals surface area contributed by atoms with E-state index >= 15 is 0 Å². The number of fused-ring (bicyclic) bond motifs is 6. The van der Waals surface area contributed by atoms with Crippen molar-refractivity contribution in [1.29, 1.82) is 0 Å². The number of carbonyl (C=O) groups is 9. The molecule has 1 spiro atoms. The first-order valence-corrected chi connectivity index (χ1v) is 34.8. The Balaban J connectivity index is 0.606. The smallest absolute Gasteiger partial charge is 0.416 e. The van der Waals surface area contributed by atoms with E-state index in [1.807, 2.05) is 67.7 Å².